The lowest BCUT2D eigenvalue weighted by Gasteiger charge is -2.17. The summed E-state index contributed by atoms with van der Waals surface area (Å²) < 4.78 is 4.99. The fraction of sp³-hybridized carbons (Fsp3) is 1.00. The van der Waals surface area contributed by atoms with Crippen LogP contribution in [0.4, 0.5) is 0 Å². The van der Waals surface area contributed by atoms with E-state index >= 15 is 0 Å². The first-order valence-electron chi connectivity index (χ1n) is 5.92. The lowest BCUT2D eigenvalue weighted by atomic mass is 10.3. The van der Waals surface area contributed by atoms with Gasteiger partial charge in [0.2, 0.25) is 0 Å². The van der Waals surface area contributed by atoms with E-state index in [9.17, 15) is 0 Å². The first kappa shape index (κ1) is 12.9. The highest BCUT2D eigenvalue weighted by atomic mass is 16.5. The third-order valence-corrected chi connectivity index (χ3v) is 2.87. The van der Waals surface area contributed by atoms with Crippen LogP contribution in [-0.2, 0) is 4.74 Å². The highest BCUT2D eigenvalue weighted by Crippen LogP contribution is 2.06. The average Bonchev–Trinajstić information content (AvgIpc) is 2.75. The van der Waals surface area contributed by atoms with Gasteiger partial charge in [-0.15, -0.1) is 0 Å². The van der Waals surface area contributed by atoms with Crippen LogP contribution >= 0.6 is 0 Å². The first-order chi connectivity index (χ1) is 7.36. The summed E-state index contributed by atoms with van der Waals surface area (Å²) >= 11 is 0. The van der Waals surface area contributed by atoms with Gasteiger partial charge in [0.1, 0.15) is 0 Å². The Balaban J connectivity index is 1.94. The van der Waals surface area contributed by atoms with Crippen LogP contribution in [0.15, 0.2) is 0 Å². The van der Waals surface area contributed by atoms with E-state index in [0.29, 0.717) is 6.61 Å². The normalized spacial score (nSPS) is 19.6. The van der Waals surface area contributed by atoms with Crippen LogP contribution in [0.3, 0.4) is 0 Å². The zero-order valence-corrected chi connectivity index (χ0v) is 9.74. The van der Waals surface area contributed by atoms with Crippen molar-refractivity contribution in [1.29, 1.82) is 0 Å². The largest absolute Gasteiger partial charge is 0.395 e. The van der Waals surface area contributed by atoms with E-state index in [1.165, 1.54) is 32.5 Å². The number of nitrogens with zero attached hydrogens (tertiary/aromatic N) is 1. The second-order valence-electron chi connectivity index (χ2n) is 4.19. The molecule has 1 heterocycles. The van der Waals surface area contributed by atoms with E-state index in [0.717, 1.165) is 13.0 Å². The summed E-state index contributed by atoms with van der Waals surface area (Å²) in [4.78, 5) is 2.51. The van der Waals surface area contributed by atoms with E-state index in [1.54, 1.807) is 7.11 Å². The Labute approximate surface area is 92.6 Å². The molecule has 1 aliphatic heterocycles. The summed E-state index contributed by atoms with van der Waals surface area (Å²) in [6, 6.07) is 0.0913. The molecule has 90 valence electrons. The standard InChI is InChI=1S/C11H24N2O2/c1-15-10-11(9-14)12-5-4-8-13-6-2-3-7-13/h11-12,14H,2-10H2,1H3. The maximum atomic E-state index is 9.02. The molecule has 1 atom stereocenters. The second-order valence-corrected chi connectivity index (χ2v) is 4.19. The Morgan fingerprint density at radius 3 is 2.73 bits per heavy atom. The minimum atomic E-state index is 0.0913. The SMILES string of the molecule is COCC(CO)NCCCN1CCCC1. The van der Waals surface area contributed by atoms with Gasteiger partial charge < -0.3 is 20.1 Å². The monoisotopic (exact) mass is 216 g/mol. The Morgan fingerprint density at radius 2 is 2.13 bits per heavy atom. The molecule has 0 aromatic rings. The second kappa shape index (κ2) is 8.05. The van der Waals surface area contributed by atoms with Gasteiger partial charge in [0.25, 0.3) is 0 Å². The van der Waals surface area contributed by atoms with E-state index in [4.69, 9.17) is 9.84 Å². The molecule has 0 amide bonds. The molecule has 1 fully saturated rings. The number of likely N-dealkylation sites (tertiary alicyclic amines) is 1. The molecule has 1 unspecified atom stereocenters. The highest BCUT2D eigenvalue weighted by molar-refractivity contribution is 4.68. The van der Waals surface area contributed by atoms with Crippen molar-refractivity contribution >= 4 is 0 Å². The Kier molecular flexibility index (Phi) is 6.92. The predicted molar refractivity (Wildman–Crippen MR) is 61.0 cm³/mol. The number of aliphatic hydroxyl groups excluding tert-OH is 1. The van der Waals surface area contributed by atoms with Crippen LogP contribution in [0.1, 0.15) is 19.3 Å². The topological polar surface area (TPSA) is 44.7 Å². The van der Waals surface area contributed by atoms with Crippen molar-refractivity contribution in [1.82, 2.24) is 10.2 Å². The van der Waals surface area contributed by atoms with Crippen LogP contribution in [0.2, 0.25) is 0 Å². The molecule has 0 aromatic heterocycles. The third kappa shape index (κ3) is 5.47. The van der Waals surface area contributed by atoms with Gasteiger partial charge in [-0.05, 0) is 45.4 Å². The lowest BCUT2D eigenvalue weighted by Crippen LogP contribution is -2.38. The molecule has 0 aromatic carbocycles. The minimum Gasteiger partial charge on any atom is -0.395 e. The van der Waals surface area contributed by atoms with Crippen molar-refractivity contribution < 1.29 is 9.84 Å². The molecule has 0 saturated carbocycles. The van der Waals surface area contributed by atoms with Gasteiger partial charge in [-0.1, -0.05) is 0 Å². The van der Waals surface area contributed by atoms with Gasteiger partial charge in [0, 0.05) is 7.11 Å². The summed E-state index contributed by atoms with van der Waals surface area (Å²) in [7, 11) is 1.66. The molecule has 1 rings (SSSR count). The maximum absolute atomic E-state index is 9.02. The van der Waals surface area contributed by atoms with Gasteiger partial charge in [0.15, 0.2) is 0 Å². The Hall–Kier alpha value is -0.160. The zero-order valence-electron chi connectivity index (χ0n) is 9.74. The van der Waals surface area contributed by atoms with Crippen molar-refractivity contribution in [2.45, 2.75) is 25.3 Å². The number of ether oxygens (including phenoxy) is 1. The smallest absolute Gasteiger partial charge is 0.0638 e. The van der Waals surface area contributed by atoms with E-state index in [2.05, 4.69) is 10.2 Å². The van der Waals surface area contributed by atoms with Crippen molar-refractivity contribution in [3.8, 4) is 0 Å². The summed E-state index contributed by atoms with van der Waals surface area (Å²) in [5, 5.41) is 12.3. The van der Waals surface area contributed by atoms with E-state index < -0.39 is 0 Å². The average molecular weight is 216 g/mol. The summed E-state index contributed by atoms with van der Waals surface area (Å²) in [6.07, 6.45) is 3.87. The molecule has 0 radical (unpaired) electrons. The molecule has 1 saturated heterocycles. The molecule has 15 heavy (non-hydrogen) atoms. The first-order valence-corrected chi connectivity index (χ1v) is 5.92. The number of aliphatic hydroxyl groups is 1. The van der Waals surface area contributed by atoms with Crippen molar-refractivity contribution in [3.05, 3.63) is 0 Å². The van der Waals surface area contributed by atoms with Gasteiger partial charge in [-0.25, -0.2) is 0 Å². The van der Waals surface area contributed by atoms with Crippen molar-refractivity contribution in [2.24, 2.45) is 0 Å². The van der Waals surface area contributed by atoms with Crippen molar-refractivity contribution in [2.75, 3.05) is 46.5 Å². The fourth-order valence-electron chi connectivity index (χ4n) is 1.99. The summed E-state index contributed by atoms with van der Waals surface area (Å²) in [6.45, 7) is 5.41. The predicted octanol–water partition coefficient (Wildman–Crippen LogP) is 0.0692. The van der Waals surface area contributed by atoms with Crippen LogP contribution in [0.25, 0.3) is 0 Å². The summed E-state index contributed by atoms with van der Waals surface area (Å²) in [5.41, 5.74) is 0. The van der Waals surface area contributed by atoms with Crippen LogP contribution in [0, 0.1) is 0 Å². The quantitative estimate of drug-likeness (QED) is 0.564. The molecule has 0 aliphatic carbocycles. The Bertz CT molecular complexity index is 150. The fourth-order valence-corrected chi connectivity index (χ4v) is 1.99. The van der Waals surface area contributed by atoms with Gasteiger partial charge in [-0.2, -0.15) is 0 Å². The molecule has 4 nitrogen and oxygen atoms in total. The zero-order chi connectivity index (χ0) is 10.9. The summed E-state index contributed by atoms with van der Waals surface area (Å²) in [5.74, 6) is 0. The lowest BCUT2D eigenvalue weighted by molar-refractivity contribution is 0.128. The van der Waals surface area contributed by atoms with Gasteiger partial charge in [-0.3, -0.25) is 0 Å². The number of hydrogen-bond donors (Lipinski definition) is 2. The number of rotatable bonds is 8. The Morgan fingerprint density at radius 1 is 1.40 bits per heavy atom. The highest BCUT2D eigenvalue weighted by Gasteiger charge is 2.10. The molecule has 4 heteroatoms. The van der Waals surface area contributed by atoms with Crippen LogP contribution in [0.5, 0.6) is 0 Å². The molecule has 2 N–H and O–H groups in total. The van der Waals surface area contributed by atoms with Crippen molar-refractivity contribution in [3.63, 3.8) is 0 Å². The molecular weight excluding hydrogens is 192 g/mol. The number of nitrogens with one attached hydrogen (secondary N) is 1. The van der Waals surface area contributed by atoms with Gasteiger partial charge >= 0.3 is 0 Å². The van der Waals surface area contributed by atoms with Crippen LogP contribution in [-0.4, -0.2) is 62.6 Å². The van der Waals surface area contributed by atoms with Crippen LogP contribution < -0.4 is 5.32 Å². The van der Waals surface area contributed by atoms with E-state index in [-0.39, 0.29) is 12.6 Å². The molecule has 0 spiro atoms. The molecular formula is C11H24N2O2. The minimum absolute atomic E-state index is 0.0913. The number of methoxy groups -OCH3 is 1. The number of hydrogen-bond acceptors (Lipinski definition) is 4. The maximum Gasteiger partial charge on any atom is 0.0638 e. The third-order valence-electron chi connectivity index (χ3n) is 2.87. The molecule has 1 aliphatic rings. The molecule has 0 bridgehead atoms. The van der Waals surface area contributed by atoms with Gasteiger partial charge in [0.05, 0.1) is 19.3 Å². The van der Waals surface area contributed by atoms with E-state index in [1.807, 2.05) is 0 Å².